The number of hydrogen-bond donors (Lipinski definition) is 35. The first-order valence-corrected chi connectivity index (χ1v) is 50.8. The third-order valence-corrected chi connectivity index (χ3v) is 25.9. The number of carboxylic acid groups (broad SMARTS) is 1. The molecule has 0 aromatic heterocycles. The van der Waals surface area contributed by atoms with Crippen LogP contribution in [-0.2, 0) is 91.2 Å². The van der Waals surface area contributed by atoms with Crippen LogP contribution in [0.5, 0.6) is 11.5 Å². The SMILES string of the molecule is CC(=O)N[C@@H](CCCNC(N)=O)C(=O)N[C@@H](CCCNC(=N)N)C(=O)N[C@@H](Cc1ccc2ccccc2c1)C(=O)N[C@H]1CSSC[C@@H](C(=O)N[C@@H](CCCNC(=N)N)C(=O)O)NC(=O)[C@H](CCCNC(N)=O)NC(=O)[C@H](CCCNC(=N)N)NC(=O)[C@H](Cc2ccc(O)cc2)NC(=O)[C@@H]2CCCN2C(=O)[C@@H](CCCNC(N)=O)NC(=O)[C@H](CCCCN)NC(=O)[C@H](CCCNC(=N)N)NC(=O)[C@H](Cc2ccc(O)cc2)NC1=O. The van der Waals surface area contributed by atoms with Gasteiger partial charge in [-0.1, -0.05) is 88.3 Å². The van der Waals surface area contributed by atoms with Crippen LogP contribution in [-0.4, -0.2) is 306 Å². The molecule has 4 aromatic carbocycles. The smallest absolute Gasteiger partial charge is 0.326 e. The van der Waals surface area contributed by atoms with Crippen molar-refractivity contribution >= 4 is 163 Å². The fourth-order valence-electron chi connectivity index (χ4n) is 15.9. The summed E-state index contributed by atoms with van der Waals surface area (Å²) in [6, 6.07) is -3.68. The molecule has 56 heteroatoms. The highest BCUT2D eigenvalue weighted by atomic mass is 33.1. The number of hydrogen-bond acceptors (Lipinski definition) is 27. The summed E-state index contributed by atoms with van der Waals surface area (Å²) in [5.74, 6) is -19.8. The molecule has 2 aliphatic heterocycles. The van der Waals surface area contributed by atoms with E-state index in [0.29, 0.717) is 38.1 Å². The summed E-state index contributed by atoms with van der Waals surface area (Å²) < 4.78 is 0. The Morgan fingerprint density at radius 3 is 1.24 bits per heavy atom. The van der Waals surface area contributed by atoms with Crippen LogP contribution in [0.2, 0.25) is 0 Å². The summed E-state index contributed by atoms with van der Waals surface area (Å²) >= 11 is 0. The number of aliphatic carboxylic acids is 1. The molecule has 2 heterocycles. The molecule has 812 valence electrons. The summed E-state index contributed by atoms with van der Waals surface area (Å²) in [5.41, 5.74) is 45.6. The third-order valence-electron chi connectivity index (χ3n) is 23.4. The average molecular weight is 2110 g/mol. The van der Waals surface area contributed by atoms with E-state index in [1.165, 1.54) is 48.5 Å². The first kappa shape index (κ1) is 121. The van der Waals surface area contributed by atoms with Gasteiger partial charge in [0.2, 0.25) is 82.7 Å². The highest BCUT2D eigenvalue weighted by Crippen LogP contribution is 2.27. The molecule has 0 saturated carbocycles. The normalized spacial score (nSPS) is 19.8. The maximum atomic E-state index is 16.1. The van der Waals surface area contributed by atoms with Crippen LogP contribution in [0.25, 0.3) is 10.8 Å². The zero-order valence-corrected chi connectivity index (χ0v) is 83.8. The molecule has 43 N–H and O–H groups in total. The molecule has 6 rings (SSSR count). The molecule has 0 bridgehead atoms. The van der Waals surface area contributed by atoms with E-state index in [1.807, 2.05) is 0 Å². The van der Waals surface area contributed by atoms with Gasteiger partial charge in [0, 0.05) is 90.0 Å². The lowest BCUT2D eigenvalue weighted by Gasteiger charge is -2.31. The molecule has 2 fully saturated rings. The number of fused-ring (bicyclic) bond motifs is 2. The Hall–Kier alpha value is -15.7. The van der Waals surface area contributed by atoms with E-state index in [4.69, 9.17) is 67.5 Å². The molecule has 4 aromatic rings. The van der Waals surface area contributed by atoms with Crippen molar-refractivity contribution in [3.63, 3.8) is 0 Å². The number of phenolic OH excluding ortho intramolecular Hbond substituents is 2. The number of primary amides is 3. The van der Waals surface area contributed by atoms with Gasteiger partial charge in [0.05, 0.1) is 0 Å². The summed E-state index contributed by atoms with van der Waals surface area (Å²) in [7, 11) is 1.41. The number of carbonyl (C=O) groups excluding carboxylic acids is 17. The van der Waals surface area contributed by atoms with E-state index < -0.39 is 246 Å². The summed E-state index contributed by atoms with van der Waals surface area (Å²) in [6.07, 6.45) is -3.38. The van der Waals surface area contributed by atoms with Gasteiger partial charge in [0.1, 0.15) is 96.1 Å². The molecule has 148 heavy (non-hydrogen) atoms. The fraction of sp³-hybridized carbons (Fsp3) is 0.522. The minimum atomic E-state index is -1.96. The van der Waals surface area contributed by atoms with Gasteiger partial charge in [-0.25, -0.2) is 19.2 Å². The van der Waals surface area contributed by atoms with Crippen molar-refractivity contribution in [2.75, 3.05) is 70.4 Å². The number of aromatic hydroxyl groups is 2. The number of benzene rings is 4. The monoisotopic (exact) mass is 2110 g/mol. The van der Waals surface area contributed by atoms with Crippen LogP contribution >= 0.6 is 21.6 Å². The van der Waals surface area contributed by atoms with Gasteiger partial charge in [-0.3, -0.25) is 88.8 Å². The molecule has 0 aliphatic carbocycles. The topological polar surface area (TPSA) is 915 Å². The average Bonchev–Trinajstić information content (AvgIpc) is 1.62. The molecular weight excluding hydrogens is 1970 g/mol. The zero-order chi connectivity index (χ0) is 109. The van der Waals surface area contributed by atoms with Gasteiger partial charge in [-0.05, 0) is 180 Å². The number of carboxylic acids is 1. The Kier molecular flexibility index (Phi) is 52.5. The Bertz CT molecular complexity index is 5230. The second kappa shape index (κ2) is 64.3. The van der Waals surface area contributed by atoms with E-state index in [2.05, 4.69) is 106 Å². The predicted molar refractivity (Wildman–Crippen MR) is 549 cm³/mol. The molecule has 20 amide bonds. The van der Waals surface area contributed by atoms with Crippen LogP contribution in [0, 0.1) is 21.6 Å². The molecule has 14 atom stereocenters. The number of nitrogens with one attached hydrogen (secondary N) is 24. The molecule has 0 spiro atoms. The lowest BCUT2D eigenvalue weighted by atomic mass is 10.00. The van der Waals surface area contributed by atoms with E-state index >= 15 is 57.5 Å². The first-order valence-electron chi connectivity index (χ1n) is 48.3. The highest BCUT2D eigenvalue weighted by Gasteiger charge is 2.43. The van der Waals surface area contributed by atoms with Crippen molar-refractivity contribution in [3.8, 4) is 11.5 Å². The molecular formula is C92H141N33O21S2. The number of unbranched alkanes of at least 4 members (excludes halogenated alkanes) is 1. The number of phenols is 2. The fourth-order valence-corrected chi connectivity index (χ4v) is 18.2. The summed E-state index contributed by atoms with van der Waals surface area (Å²) in [4.78, 5) is 263. The van der Waals surface area contributed by atoms with Gasteiger partial charge in [0.25, 0.3) is 0 Å². The number of guanidine groups is 4. The Morgan fingerprint density at radius 2 is 0.784 bits per heavy atom. The number of urea groups is 3. The maximum Gasteiger partial charge on any atom is 0.326 e. The van der Waals surface area contributed by atoms with Gasteiger partial charge >= 0.3 is 24.1 Å². The standard InChI is InChI=1S/C92H141N33O21S2/c1-50(126)112-58(17-9-40-109-90(102)144)72(129)114-62(20-8-38-107-88(98)99)76(133)120-68(47-53-25-30-54-14-2-3-15-55(54)44-53)80(137)124-70-49-148-147-48-69(81(138)119-65(85(142)143)23-12-39-108-89(100)101)123-77(134)63(21-10-41-110-91(103)145)115-74(131)61(19-7-37-106-87(96)97)117-79(136)67(46-52-28-33-57(128)34-29-52)122-83(140)71-24-13-43-125(71)84(141)64(22-11-42-111-92(104)146)118-75(132)59(16-4-5-35-93)113-73(130)60(18-6-36-105-86(94)95)116-78(135)66(121-82(70)139)45-51-26-31-56(127)32-27-51/h2-3,14-15,25-34,44,58-71,127-128H,4-13,16-24,35-43,45-49,93H2,1H3,(H,112,126)(H,113,130)(H,114,129)(H,115,131)(H,116,135)(H,117,136)(H,118,132)(H,119,138)(H,120,133)(H,121,139)(H,122,140)(H,123,134)(H,124,137)(H,142,143)(H4,94,95,105)(H4,96,97,106)(H4,98,99,107)(H4,100,101,108)(H3,102,109,144)(H3,103,110,145)(H3,104,111,146)/t58-,59-,60-,61-,62-,63-,64+,65-,66-,67-,68-,69-,70-,71-/m0/s1. The van der Waals surface area contributed by atoms with Crippen LogP contribution in [0.15, 0.2) is 91.0 Å². The lowest BCUT2D eigenvalue weighted by Crippen LogP contribution is -2.61. The van der Waals surface area contributed by atoms with Crippen molar-refractivity contribution in [1.82, 2.24) is 111 Å². The number of amides is 20. The van der Waals surface area contributed by atoms with Gasteiger partial charge in [-0.15, -0.1) is 0 Å². The first-order chi connectivity index (χ1) is 70.5. The van der Waals surface area contributed by atoms with Gasteiger partial charge in [0.15, 0.2) is 23.8 Å². The second-order valence-corrected chi connectivity index (χ2v) is 37.8. The van der Waals surface area contributed by atoms with E-state index in [9.17, 15) is 44.1 Å². The van der Waals surface area contributed by atoms with Crippen LogP contribution in [0.1, 0.15) is 146 Å². The van der Waals surface area contributed by atoms with E-state index in [0.717, 1.165) is 17.2 Å². The molecule has 2 aliphatic rings. The number of nitrogens with zero attached hydrogens (tertiary/aromatic N) is 1. The Morgan fingerprint density at radius 1 is 0.405 bits per heavy atom. The van der Waals surface area contributed by atoms with Gasteiger partial charge in [-0.2, -0.15) is 0 Å². The van der Waals surface area contributed by atoms with Gasteiger partial charge < -0.3 is 172 Å². The Balaban J connectivity index is 1.64. The van der Waals surface area contributed by atoms with Crippen molar-refractivity contribution in [2.24, 2.45) is 45.9 Å². The van der Waals surface area contributed by atoms with E-state index in [-0.39, 0.29) is 198 Å². The molecule has 0 unspecified atom stereocenters. The van der Waals surface area contributed by atoms with Crippen LogP contribution in [0.3, 0.4) is 0 Å². The van der Waals surface area contributed by atoms with Crippen molar-refractivity contribution in [3.05, 3.63) is 108 Å². The lowest BCUT2D eigenvalue weighted by molar-refractivity contribution is -0.142. The third kappa shape index (κ3) is 45.3. The Labute approximate surface area is 861 Å². The number of nitrogens with two attached hydrogens (primary N) is 8. The molecule has 2 saturated heterocycles. The maximum absolute atomic E-state index is 16.1. The zero-order valence-electron chi connectivity index (χ0n) is 82.2. The minimum Gasteiger partial charge on any atom is -0.508 e. The van der Waals surface area contributed by atoms with Crippen LogP contribution in [0.4, 0.5) is 14.4 Å². The summed E-state index contributed by atoms with van der Waals surface area (Å²) in [6.45, 7) is 0.298. The number of carbonyl (C=O) groups is 18. The predicted octanol–water partition coefficient (Wildman–Crippen LogP) is -6.40. The van der Waals surface area contributed by atoms with Crippen molar-refractivity contribution < 1.29 is 102 Å². The molecule has 54 nitrogen and oxygen atoms in total. The minimum absolute atomic E-state index is 0.00143. The van der Waals surface area contributed by atoms with E-state index in [1.54, 1.807) is 42.5 Å². The quantitative estimate of drug-likeness (QED) is 0.00846. The van der Waals surface area contributed by atoms with Crippen molar-refractivity contribution in [1.29, 1.82) is 21.6 Å². The largest absolute Gasteiger partial charge is 0.508 e. The summed E-state index contributed by atoms with van der Waals surface area (Å²) in [5, 5.41) is 116. The second-order valence-electron chi connectivity index (χ2n) is 35.2. The molecule has 0 radical (unpaired) electrons. The van der Waals surface area contributed by atoms with Crippen LogP contribution < -0.4 is 152 Å². The van der Waals surface area contributed by atoms with Crippen molar-refractivity contribution in [2.45, 2.75) is 233 Å². The highest BCUT2D eigenvalue weighted by molar-refractivity contribution is 8.76. The number of rotatable bonds is 48.